The Balaban J connectivity index is 3.50. The van der Waals surface area contributed by atoms with Crippen molar-refractivity contribution in [2.45, 2.75) is 12.2 Å². The smallest absolute Gasteiger partial charge is 0.104 e. The Kier molecular flexibility index (Phi) is 11.6. The number of likely N-dealkylation sites (N-methyl/N-ethyl adjacent to an activating group) is 1. The molecule has 0 saturated carbocycles. The molecule has 0 aliphatic rings. The zero-order chi connectivity index (χ0) is 13.8. The SMILES string of the molecule is CN(CCOC(CO)CO)CCOC(CO)CO. The molecule has 0 bridgehead atoms. The average Bonchev–Trinajstić information content (AvgIpc) is 2.40. The van der Waals surface area contributed by atoms with Gasteiger partial charge in [-0.2, -0.15) is 0 Å². The lowest BCUT2D eigenvalue weighted by atomic mass is 10.4. The lowest BCUT2D eigenvalue weighted by molar-refractivity contribution is -0.0367. The zero-order valence-electron chi connectivity index (χ0n) is 10.9. The molecule has 18 heavy (non-hydrogen) atoms. The van der Waals surface area contributed by atoms with E-state index in [-0.39, 0.29) is 26.4 Å². The summed E-state index contributed by atoms with van der Waals surface area (Å²) in [6.07, 6.45) is -1.05. The molecule has 0 fully saturated rings. The summed E-state index contributed by atoms with van der Waals surface area (Å²) in [5.41, 5.74) is 0. The predicted octanol–water partition coefficient (Wildman–Crippen LogP) is -2.34. The number of aliphatic hydroxyl groups excluding tert-OH is 4. The summed E-state index contributed by atoms with van der Waals surface area (Å²) in [5.74, 6) is 0. The minimum atomic E-state index is -0.525. The summed E-state index contributed by atoms with van der Waals surface area (Å²) in [5, 5.41) is 35.1. The number of nitrogens with zero attached hydrogens (tertiary/aromatic N) is 1. The van der Waals surface area contributed by atoms with Crippen molar-refractivity contribution in [2.24, 2.45) is 0 Å². The fourth-order valence-corrected chi connectivity index (χ4v) is 1.19. The first-order chi connectivity index (χ1) is 8.67. The van der Waals surface area contributed by atoms with E-state index in [2.05, 4.69) is 0 Å². The van der Waals surface area contributed by atoms with Crippen LogP contribution in [0, 0.1) is 0 Å². The van der Waals surface area contributed by atoms with E-state index in [1.807, 2.05) is 11.9 Å². The highest BCUT2D eigenvalue weighted by Crippen LogP contribution is 1.93. The van der Waals surface area contributed by atoms with Crippen LogP contribution in [0.2, 0.25) is 0 Å². The summed E-state index contributed by atoms with van der Waals surface area (Å²) >= 11 is 0. The predicted molar refractivity (Wildman–Crippen MR) is 65.3 cm³/mol. The van der Waals surface area contributed by atoms with Gasteiger partial charge in [-0.05, 0) is 7.05 Å². The third-order valence-electron chi connectivity index (χ3n) is 2.47. The third-order valence-corrected chi connectivity index (χ3v) is 2.47. The summed E-state index contributed by atoms with van der Waals surface area (Å²) in [6, 6.07) is 0. The summed E-state index contributed by atoms with van der Waals surface area (Å²) in [7, 11) is 1.88. The van der Waals surface area contributed by atoms with E-state index in [1.165, 1.54) is 0 Å². The van der Waals surface area contributed by atoms with Gasteiger partial charge in [-0.25, -0.2) is 0 Å². The quantitative estimate of drug-likeness (QED) is 0.314. The second-order valence-electron chi connectivity index (χ2n) is 4.02. The number of hydrogen-bond acceptors (Lipinski definition) is 7. The minimum Gasteiger partial charge on any atom is -0.394 e. The maximum atomic E-state index is 8.78. The van der Waals surface area contributed by atoms with Crippen molar-refractivity contribution in [1.82, 2.24) is 4.90 Å². The van der Waals surface area contributed by atoms with Gasteiger partial charge in [-0.3, -0.25) is 0 Å². The molecular weight excluding hydrogens is 242 g/mol. The van der Waals surface area contributed by atoms with Crippen LogP contribution < -0.4 is 0 Å². The van der Waals surface area contributed by atoms with Crippen molar-refractivity contribution in [1.29, 1.82) is 0 Å². The highest BCUT2D eigenvalue weighted by atomic mass is 16.5. The average molecular weight is 267 g/mol. The number of rotatable bonds is 12. The van der Waals surface area contributed by atoms with Crippen LogP contribution >= 0.6 is 0 Å². The van der Waals surface area contributed by atoms with Gasteiger partial charge in [-0.1, -0.05) is 0 Å². The summed E-state index contributed by atoms with van der Waals surface area (Å²) in [4.78, 5) is 1.96. The van der Waals surface area contributed by atoms with Gasteiger partial charge in [0.1, 0.15) is 12.2 Å². The van der Waals surface area contributed by atoms with Crippen molar-refractivity contribution in [3.05, 3.63) is 0 Å². The molecule has 0 aromatic carbocycles. The topological polar surface area (TPSA) is 103 Å². The standard InChI is InChI=1S/C11H25NO6/c1-12(2-4-17-10(6-13)7-14)3-5-18-11(8-15)9-16/h10-11,13-16H,2-9H2,1H3. The van der Waals surface area contributed by atoms with E-state index in [0.717, 1.165) is 0 Å². The maximum Gasteiger partial charge on any atom is 0.104 e. The molecule has 0 radical (unpaired) electrons. The zero-order valence-corrected chi connectivity index (χ0v) is 10.9. The fraction of sp³-hybridized carbons (Fsp3) is 1.00. The Hall–Kier alpha value is -0.280. The molecule has 4 N–H and O–H groups in total. The lowest BCUT2D eigenvalue weighted by Crippen LogP contribution is -2.32. The van der Waals surface area contributed by atoms with Gasteiger partial charge in [0.25, 0.3) is 0 Å². The van der Waals surface area contributed by atoms with Gasteiger partial charge in [-0.15, -0.1) is 0 Å². The Morgan fingerprint density at radius 3 is 1.39 bits per heavy atom. The van der Waals surface area contributed by atoms with Crippen LogP contribution in [-0.4, -0.2) is 97.3 Å². The van der Waals surface area contributed by atoms with Gasteiger partial charge < -0.3 is 34.8 Å². The van der Waals surface area contributed by atoms with Gasteiger partial charge in [0, 0.05) is 13.1 Å². The maximum absolute atomic E-state index is 8.78. The van der Waals surface area contributed by atoms with Gasteiger partial charge in [0.15, 0.2) is 0 Å². The molecule has 0 amide bonds. The summed E-state index contributed by atoms with van der Waals surface area (Å²) < 4.78 is 10.4. The Morgan fingerprint density at radius 1 is 0.778 bits per heavy atom. The molecule has 7 nitrogen and oxygen atoms in total. The molecule has 0 spiro atoms. The number of aliphatic hydroxyl groups is 4. The number of hydrogen-bond donors (Lipinski definition) is 4. The molecule has 0 aliphatic carbocycles. The highest BCUT2D eigenvalue weighted by Gasteiger charge is 2.08. The second-order valence-corrected chi connectivity index (χ2v) is 4.02. The largest absolute Gasteiger partial charge is 0.394 e. The first kappa shape index (κ1) is 17.7. The van der Waals surface area contributed by atoms with Crippen LogP contribution in [-0.2, 0) is 9.47 Å². The normalized spacial score (nSPS) is 12.0. The molecule has 110 valence electrons. The van der Waals surface area contributed by atoms with E-state index < -0.39 is 12.2 Å². The molecule has 7 heteroatoms. The van der Waals surface area contributed by atoms with Gasteiger partial charge >= 0.3 is 0 Å². The summed E-state index contributed by atoms with van der Waals surface area (Å²) in [6.45, 7) is 1.31. The van der Waals surface area contributed by atoms with Crippen molar-refractivity contribution < 1.29 is 29.9 Å². The van der Waals surface area contributed by atoms with Crippen molar-refractivity contribution in [3.8, 4) is 0 Å². The molecular formula is C11H25NO6. The van der Waals surface area contributed by atoms with Crippen molar-refractivity contribution in [3.63, 3.8) is 0 Å². The van der Waals surface area contributed by atoms with E-state index >= 15 is 0 Å². The van der Waals surface area contributed by atoms with E-state index in [0.29, 0.717) is 26.3 Å². The molecule has 0 rings (SSSR count). The molecule has 0 unspecified atom stereocenters. The van der Waals surface area contributed by atoms with Crippen LogP contribution in [0.3, 0.4) is 0 Å². The van der Waals surface area contributed by atoms with Crippen LogP contribution in [0.4, 0.5) is 0 Å². The number of ether oxygens (including phenoxy) is 2. The lowest BCUT2D eigenvalue weighted by Gasteiger charge is -2.20. The molecule has 0 aliphatic heterocycles. The van der Waals surface area contributed by atoms with Crippen LogP contribution in [0.15, 0.2) is 0 Å². The third kappa shape index (κ3) is 8.76. The Morgan fingerprint density at radius 2 is 1.11 bits per heavy atom. The first-order valence-electron chi connectivity index (χ1n) is 6.03. The van der Waals surface area contributed by atoms with E-state index in [1.54, 1.807) is 0 Å². The van der Waals surface area contributed by atoms with Crippen molar-refractivity contribution >= 4 is 0 Å². The van der Waals surface area contributed by atoms with Gasteiger partial charge in [0.05, 0.1) is 39.6 Å². The molecule has 0 aromatic rings. The second kappa shape index (κ2) is 11.8. The Labute approximate surface area is 108 Å². The fourth-order valence-electron chi connectivity index (χ4n) is 1.19. The molecule has 0 heterocycles. The van der Waals surface area contributed by atoms with Crippen LogP contribution in [0.1, 0.15) is 0 Å². The molecule has 0 saturated heterocycles. The molecule has 0 aromatic heterocycles. The van der Waals surface area contributed by atoms with E-state index in [4.69, 9.17) is 29.9 Å². The van der Waals surface area contributed by atoms with Crippen molar-refractivity contribution in [2.75, 3.05) is 59.8 Å². The Bertz CT molecular complexity index is 157. The van der Waals surface area contributed by atoms with Gasteiger partial charge in [0.2, 0.25) is 0 Å². The first-order valence-corrected chi connectivity index (χ1v) is 6.03. The molecule has 0 atom stereocenters. The van der Waals surface area contributed by atoms with Crippen LogP contribution in [0.25, 0.3) is 0 Å². The van der Waals surface area contributed by atoms with Crippen LogP contribution in [0.5, 0.6) is 0 Å². The monoisotopic (exact) mass is 267 g/mol. The minimum absolute atomic E-state index is 0.196. The highest BCUT2D eigenvalue weighted by molar-refractivity contribution is 4.56. The van der Waals surface area contributed by atoms with E-state index in [9.17, 15) is 0 Å².